The van der Waals surface area contributed by atoms with Crippen molar-refractivity contribution in [3.8, 4) is 0 Å². The highest BCUT2D eigenvalue weighted by Crippen LogP contribution is 2.19. The summed E-state index contributed by atoms with van der Waals surface area (Å²) in [5.41, 5.74) is 7.44. The maximum atomic E-state index is 11.2. The molecule has 7 nitrogen and oxygen atoms in total. The maximum Gasteiger partial charge on any atom is 0.217 e. The molecule has 4 N–H and O–H groups in total. The average Bonchev–Trinajstić information content (AvgIpc) is 3.04. The van der Waals surface area contributed by atoms with Crippen LogP contribution in [0.4, 0.5) is 0 Å². The third-order valence-corrected chi connectivity index (χ3v) is 4.83. The van der Waals surface area contributed by atoms with Crippen LogP contribution in [0.25, 0.3) is 11.0 Å². The molecule has 1 unspecified atom stereocenters. The predicted molar refractivity (Wildman–Crippen MR) is 119 cm³/mol. The van der Waals surface area contributed by atoms with Gasteiger partial charge in [-0.3, -0.25) is 9.79 Å². The second kappa shape index (κ2) is 10.5. The second-order valence-corrected chi connectivity index (χ2v) is 6.90. The standard InChI is InChI=1S/C19H28N6O.HI/c1-21-19(25-11-5-6-14(13-25)12-17(20)26)22-10-4-9-18-23-15-7-2-3-8-16(15)24-18;/h2-3,7-8,14H,4-6,9-13H2,1H3,(H2,20,26)(H,21,22)(H,23,24);1H. The first-order valence-corrected chi connectivity index (χ1v) is 9.33. The normalized spacial score (nSPS) is 17.6. The van der Waals surface area contributed by atoms with E-state index in [9.17, 15) is 4.79 Å². The summed E-state index contributed by atoms with van der Waals surface area (Å²) < 4.78 is 0. The number of hydrogen-bond donors (Lipinski definition) is 3. The number of benzene rings is 1. The van der Waals surface area contributed by atoms with E-state index < -0.39 is 0 Å². The molecule has 1 fully saturated rings. The van der Waals surface area contributed by atoms with Crippen LogP contribution in [-0.4, -0.2) is 53.4 Å². The van der Waals surface area contributed by atoms with Gasteiger partial charge in [0.05, 0.1) is 11.0 Å². The first-order valence-electron chi connectivity index (χ1n) is 9.33. The zero-order valence-corrected chi connectivity index (χ0v) is 18.1. The average molecular weight is 484 g/mol. The van der Waals surface area contributed by atoms with Gasteiger partial charge in [-0.2, -0.15) is 0 Å². The first-order chi connectivity index (χ1) is 12.7. The minimum absolute atomic E-state index is 0. The van der Waals surface area contributed by atoms with E-state index in [1.165, 1.54) is 0 Å². The predicted octanol–water partition coefficient (Wildman–Crippen LogP) is 2.28. The number of aliphatic imine (C=N–C) groups is 1. The van der Waals surface area contributed by atoms with E-state index in [1.807, 2.05) is 24.3 Å². The summed E-state index contributed by atoms with van der Waals surface area (Å²) in [6.07, 6.45) is 4.44. The van der Waals surface area contributed by atoms with Gasteiger partial charge in [0.15, 0.2) is 5.96 Å². The molecule has 0 aliphatic carbocycles. The lowest BCUT2D eigenvalue weighted by atomic mass is 9.95. The molecule has 8 heteroatoms. The van der Waals surface area contributed by atoms with Gasteiger partial charge in [-0.25, -0.2) is 4.98 Å². The molecule has 1 amide bonds. The molecule has 0 radical (unpaired) electrons. The minimum Gasteiger partial charge on any atom is -0.370 e. The molecule has 27 heavy (non-hydrogen) atoms. The van der Waals surface area contributed by atoms with E-state index in [0.29, 0.717) is 12.3 Å². The van der Waals surface area contributed by atoms with E-state index >= 15 is 0 Å². The Morgan fingerprint density at radius 2 is 2.26 bits per heavy atom. The Morgan fingerprint density at radius 1 is 1.44 bits per heavy atom. The van der Waals surface area contributed by atoms with Gasteiger partial charge in [0.2, 0.25) is 5.91 Å². The van der Waals surface area contributed by atoms with Crippen molar-refractivity contribution in [1.82, 2.24) is 20.2 Å². The zero-order valence-electron chi connectivity index (χ0n) is 15.8. The van der Waals surface area contributed by atoms with Crippen LogP contribution in [0, 0.1) is 5.92 Å². The third-order valence-electron chi connectivity index (χ3n) is 4.83. The SMILES string of the molecule is CN=C(NCCCc1nc2ccccc2[nH]1)N1CCCC(CC(N)=O)C1.I. The zero-order chi connectivity index (χ0) is 18.4. The number of guanidine groups is 1. The lowest BCUT2D eigenvalue weighted by Crippen LogP contribution is -2.47. The number of nitrogens with two attached hydrogens (primary N) is 1. The minimum atomic E-state index is -0.217. The van der Waals surface area contributed by atoms with Crippen molar-refractivity contribution in [3.63, 3.8) is 0 Å². The van der Waals surface area contributed by atoms with Gasteiger partial charge in [0.25, 0.3) is 0 Å². The number of amides is 1. The van der Waals surface area contributed by atoms with Crippen molar-refractivity contribution >= 4 is 46.9 Å². The number of primary amides is 1. The number of fused-ring (bicyclic) bond motifs is 1. The molecule has 2 heterocycles. The van der Waals surface area contributed by atoms with Crippen molar-refractivity contribution in [2.45, 2.75) is 32.1 Å². The van der Waals surface area contributed by atoms with Gasteiger partial charge in [-0.05, 0) is 37.3 Å². The number of carbonyl (C=O) groups excluding carboxylic acids is 1. The van der Waals surface area contributed by atoms with Crippen LogP contribution in [0.2, 0.25) is 0 Å². The van der Waals surface area contributed by atoms with Crippen LogP contribution in [0.1, 0.15) is 31.5 Å². The first kappa shape index (κ1) is 21.5. The van der Waals surface area contributed by atoms with Crippen molar-refractivity contribution in [2.24, 2.45) is 16.6 Å². The Balaban J connectivity index is 0.00000261. The number of rotatable bonds is 6. The Kier molecular flexibility index (Phi) is 8.33. The van der Waals surface area contributed by atoms with Crippen molar-refractivity contribution in [2.75, 3.05) is 26.7 Å². The number of H-pyrrole nitrogens is 1. The fourth-order valence-corrected chi connectivity index (χ4v) is 3.62. The number of halogens is 1. The molecule has 0 bridgehead atoms. The molecular formula is C19H29IN6O. The highest BCUT2D eigenvalue weighted by molar-refractivity contribution is 14.0. The highest BCUT2D eigenvalue weighted by Gasteiger charge is 2.23. The fourth-order valence-electron chi connectivity index (χ4n) is 3.62. The Bertz CT molecular complexity index is 741. The molecule has 1 saturated heterocycles. The van der Waals surface area contributed by atoms with Crippen LogP contribution in [0.3, 0.4) is 0 Å². The maximum absolute atomic E-state index is 11.2. The number of piperidine rings is 1. The summed E-state index contributed by atoms with van der Waals surface area (Å²) >= 11 is 0. The number of hydrogen-bond acceptors (Lipinski definition) is 3. The monoisotopic (exact) mass is 484 g/mol. The lowest BCUT2D eigenvalue weighted by molar-refractivity contribution is -0.119. The number of imidazole rings is 1. The fraction of sp³-hybridized carbons (Fsp3) is 0.526. The van der Waals surface area contributed by atoms with Gasteiger partial charge < -0.3 is 20.9 Å². The van der Waals surface area contributed by atoms with Crippen molar-refractivity contribution in [3.05, 3.63) is 30.1 Å². The molecular weight excluding hydrogens is 455 g/mol. The molecule has 148 valence electrons. The number of nitrogens with one attached hydrogen (secondary N) is 2. The number of aromatic nitrogens is 2. The molecule has 1 atom stereocenters. The lowest BCUT2D eigenvalue weighted by Gasteiger charge is -2.34. The molecule has 3 rings (SSSR count). The summed E-state index contributed by atoms with van der Waals surface area (Å²) in [5, 5.41) is 3.44. The summed E-state index contributed by atoms with van der Waals surface area (Å²) in [6.45, 7) is 2.64. The molecule has 1 aromatic carbocycles. The van der Waals surface area contributed by atoms with Crippen molar-refractivity contribution < 1.29 is 4.79 Å². The third kappa shape index (κ3) is 6.08. The largest absolute Gasteiger partial charge is 0.370 e. The number of para-hydroxylation sites is 2. The van der Waals surface area contributed by atoms with Crippen LogP contribution in [-0.2, 0) is 11.2 Å². The second-order valence-electron chi connectivity index (χ2n) is 6.90. The van der Waals surface area contributed by atoms with Gasteiger partial charge in [0.1, 0.15) is 5.82 Å². The molecule has 1 aromatic heterocycles. The van der Waals surface area contributed by atoms with Crippen LogP contribution < -0.4 is 11.1 Å². The van der Waals surface area contributed by atoms with Gasteiger partial charge >= 0.3 is 0 Å². The molecule has 0 saturated carbocycles. The smallest absolute Gasteiger partial charge is 0.217 e. The summed E-state index contributed by atoms with van der Waals surface area (Å²) in [4.78, 5) is 25.8. The van der Waals surface area contributed by atoms with Gasteiger partial charge in [0, 0.05) is 39.5 Å². The van der Waals surface area contributed by atoms with Crippen LogP contribution in [0.15, 0.2) is 29.3 Å². The Labute approximate surface area is 177 Å². The van der Waals surface area contributed by atoms with Crippen LogP contribution in [0.5, 0.6) is 0 Å². The van der Waals surface area contributed by atoms with Gasteiger partial charge in [-0.15, -0.1) is 24.0 Å². The summed E-state index contributed by atoms with van der Waals surface area (Å²) in [7, 11) is 1.80. The molecule has 1 aliphatic heterocycles. The summed E-state index contributed by atoms with van der Waals surface area (Å²) in [5.74, 6) is 2.03. The van der Waals surface area contributed by atoms with Gasteiger partial charge in [-0.1, -0.05) is 12.1 Å². The molecule has 1 aliphatic rings. The summed E-state index contributed by atoms with van der Waals surface area (Å²) in [6, 6.07) is 8.08. The van der Waals surface area contributed by atoms with Crippen molar-refractivity contribution in [1.29, 1.82) is 0 Å². The molecule has 0 spiro atoms. The number of likely N-dealkylation sites (tertiary alicyclic amines) is 1. The van der Waals surface area contributed by atoms with E-state index in [-0.39, 0.29) is 29.9 Å². The van der Waals surface area contributed by atoms with E-state index in [2.05, 4.69) is 25.2 Å². The van der Waals surface area contributed by atoms with E-state index in [0.717, 1.165) is 68.1 Å². The number of nitrogens with zero attached hydrogens (tertiary/aromatic N) is 3. The highest BCUT2D eigenvalue weighted by atomic mass is 127. The number of carbonyl (C=O) groups is 1. The number of aryl methyl sites for hydroxylation is 1. The van der Waals surface area contributed by atoms with Crippen LogP contribution >= 0.6 is 24.0 Å². The number of aromatic amines is 1. The van der Waals surface area contributed by atoms with E-state index in [4.69, 9.17) is 5.73 Å². The van der Waals surface area contributed by atoms with E-state index in [1.54, 1.807) is 7.05 Å². The quantitative estimate of drug-likeness (QED) is 0.254. The Morgan fingerprint density at radius 3 is 3.00 bits per heavy atom. The molecule has 2 aromatic rings. The Hall–Kier alpha value is -1.84. The topological polar surface area (TPSA) is 99.4 Å².